The molecular formula is C5H6F3NS2. The summed E-state index contributed by atoms with van der Waals surface area (Å²) < 4.78 is 34.5. The number of thiocarbonyl (C=S) groups is 1. The van der Waals surface area contributed by atoms with Crippen molar-refractivity contribution in [2.45, 2.75) is 12.6 Å². The van der Waals surface area contributed by atoms with Crippen LogP contribution in [0.4, 0.5) is 13.2 Å². The van der Waals surface area contributed by atoms with Gasteiger partial charge in [0.05, 0.1) is 6.42 Å². The highest BCUT2D eigenvalue weighted by molar-refractivity contribution is 8.11. The topological polar surface area (TPSA) is 12.0 Å². The van der Waals surface area contributed by atoms with Crippen LogP contribution in [0.25, 0.3) is 0 Å². The molecule has 0 fully saturated rings. The van der Waals surface area contributed by atoms with E-state index >= 15 is 0 Å². The van der Waals surface area contributed by atoms with Gasteiger partial charge in [-0.15, -0.1) is 12.6 Å². The number of halogens is 3. The maximum atomic E-state index is 11.4. The van der Waals surface area contributed by atoms with Gasteiger partial charge in [0.2, 0.25) is 0 Å². The molecule has 0 atom stereocenters. The van der Waals surface area contributed by atoms with Crippen LogP contribution in [0.2, 0.25) is 0 Å². The molecule has 0 rings (SSSR count). The van der Waals surface area contributed by atoms with Crippen molar-refractivity contribution in [1.82, 2.24) is 5.32 Å². The lowest BCUT2D eigenvalue weighted by Crippen LogP contribution is -2.09. The highest BCUT2D eigenvalue weighted by Gasteiger charge is 2.24. The second kappa shape index (κ2) is 4.61. The molecule has 0 aliphatic heterocycles. The molecule has 0 saturated carbocycles. The van der Waals surface area contributed by atoms with Crippen molar-refractivity contribution in [3.8, 4) is 0 Å². The smallest absolute Gasteiger partial charge is 0.348 e. The third-order valence-corrected chi connectivity index (χ3v) is 0.921. The molecule has 0 saturated heterocycles. The minimum atomic E-state index is -4.16. The molecule has 0 aromatic rings. The Morgan fingerprint density at radius 1 is 1.55 bits per heavy atom. The predicted molar refractivity (Wildman–Crippen MR) is 44.5 cm³/mol. The van der Waals surface area contributed by atoms with E-state index in [1.165, 1.54) is 0 Å². The van der Waals surface area contributed by atoms with Crippen molar-refractivity contribution in [3.05, 3.63) is 12.3 Å². The lowest BCUT2D eigenvalue weighted by atomic mass is 10.4. The van der Waals surface area contributed by atoms with Gasteiger partial charge in [0, 0.05) is 0 Å². The minimum Gasteiger partial charge on any atom is -0.348 e. The molecule has 0 aliphatic carbocycles. The fraction of sp³-hybridized carbons (Fsp3) is 0.400. The van der Waals surface area contributed by atoms with Crippen molar-refractivity contribution < 1.29 is 13.2 Å². The number of rotatable bonds is 2. The maximum absolute atomic E-state index is 11.4. The van der Waals surface area contributed by atoms with Crippen LogP contribution in [-0.4, -0.2) is 10.5 Å². The first-order valence-corrected chi connectivity index (χ1v) is 3.48. The molecule has 0 aromatic carbocycles. The summed E-state index contributed by atoms with van der Waals surface area (Å²) in [4.78, 5) is 0. The summed E-state index contributed by atoms with van der Waals surface area (Å²) >= 11 is 8.05. The first-order chi connectivity index (χ1) is 4.92. The van der Waals surface area contributed by atoms with E-state index in [9.17, 15) is 13.2 Å². The maximum Gasteiger partial charge on any atom is 0.392 e. The molecule has 0 aliphatic rings. The summed E-state index contributed by atoms with van der Waals surface area (Å²) in [5, 5.41) is 2.33. The molecule has 11 heavy (non-hydrogen) atoms. The Morgan fingerprint density at radius 2 is 2.09 bits per heavy atom. The number of nitrogens with one attached hydrogen (secondary N) is 1. The Balaban J connectivity index is 3.53. The van der Waals surface area contributed by atoms with Crippen LogP contribution in [0.1, 0.15) is 6.42 Å². The monoisotopic (exact) mass is 201 g/mol. The second-order valence-electron chi connectivity index (χ2n) is 1.67. The van der Waals surface area contributed by atoms with Crippen LogP contribution in [0, 0.1) is 0 Å². The van der Waals surface area contributed by atoms with Crippen molar-refractivity contribution in [2.75, 3.05) is 0 Å². The van der Waals surface area contributed by atoms with Crippen LogP contribution < -0.4 is 5.32 Å². The molecule has 0 aromatic heterocycles. The van der Waals surface area contributed by atoms with E-state index in [0.29, 0.717) is 0 Å². The summed E-state index contributed by atoms with van der Waals surface area (Å²) in [6, 6.07) is 0. The molecule has 0 spiro atoms. The van der Waals surface area contributed by atoms with Crippen LogP contribution in [-0.2, 0) is 0 Å². The van der Waals surface area contributed by atoms with Crippen molar-refractivity contribution in [2.24, 2.45) is 0 Å². The third-order valence-electron chi connectivity index (χ3n) is 0.674. The van der Waals surface area contributed by atoms with Crippen LogP contribution in [0.15, 0.2) is 12.3 Å². The van der Waals surface area contributed by atoms with Gasteiger partial charge in [-0.25, -0.2) is 0 Å². The van der Waals surface area contributed by atoms with E-state index in [1.54, 1.807) is 0 Å². The van der Waals surface area contributed by atoms with E-state index < -0.39 is 12.6 Å². The van der Waals surface area contributed by atoms with E-state index in [0.717, 1.165) is 12.3 Å². The van der Waals surface area contributed by atoms with E-state index in [2.05, 4.69) is 30.2 Å². The molecule has 0 heterocycles. The second-order valence-corrected chi connectivity index (χ2v) is 2.83. The molecule has 0 amide bonds. The number of allylic oxidation sites excluding steroid dienone is 1. The third kappa shape index (κ3) is 9.77. The molecule has 0 radical (unpaired) electrons. The number of hydrogen-bond acceptors (Lipinski definition) is 1. The summed E-state index contributed by atoms with van der Waals surface area (Å²) in [6.45, 7) is 0. The SMILES string of the molecule is FC(F)(F)CC=CNC(=S)S. The lowest BCUT2D eigenvalue weighted by Gasteiger charge is -2.00. The molecule has 6 heteroatoms. The zero-order chi connectivity index (χ0) is 8.91. The van der Waals surface area contributed by atoms with Gasteiger partial charge in [0.1, 0.15) is 4.32 Å². The normalized spacial score (nSPS) is 12.0. The summed E-state index contributed by atoms with van der Waals surface area (Å²) in [6.07, 6.45) is -3.07. The minimum absolute atomic E-state index is 0.142. The van der Waals surface area contributed by atoms with Crippen LogP contribution in [0.5, 0.6) is 0 Å². The Kier molecular flexibility index (Phi) is 4.51. The van der Waals surface area contributed by atoms with E-state index in [1.807, 2.05) is 0 Å². The van der Waals surface area contributed by atoms with Gasteiger partial charge in [-0.3, -0.25) is 0 Å². The zero-order valence-electron chi connectivity index (χ0n) is 5.35. The highest BCUT2D eigenvalue weighted by Crippen LogP contribution is 2.19. The Bertz CT molecular complexity index is 164. The van der Waals surface area contributed by atoms with Gasteiger partial charge in [0.15, 0.2) is 0 Å². The standard InChI is InChI=1S/C5H6F3NS2/c6-5(7,8)2-1-3-9-4(10)11/h1,3H,2H2,(H2,9,10,11). The highest BCUT2D eigenvalue weighted by atomic mass is 32.1. The summed E-state index contributed by atoms with van der Waals surface area (Å²) in [5.41, 5.74) is 0. The van der Waals surface area contributed by atoms with Crippen molar-refractivity contribution >= 4 is 29.2 Å². The van der Waals surface area contributed by atoms with Gasteiger partial charge in [-0.1, -0.05) is 18.3 Å². The van der Waals surface area contributed by atoms with Gasteiger partial charge in [-0.2, -0.15) is 13.2 Å². The average molecular weight is 201 g/mol. The van der Waals surface area contributed by atoms with Gasteiger partial charge < -0.3 is 5.32 Å². The van der Waals surface area contributed by atoms with E-state index in [4.69, 9.17) is 0 Å². The number of alkyl halides is 3. The molecular weight excluding hydrogens is 195 g/mol. The number of hydrogen-bond donors (Lipinski definition) is 2. The quantitative estimate of drug-likeness (QED) is 0.525. The first-order valence-electron chi connectivity index (χ1n) is 2.63. The molecule has 0 unspecified atom stereocenters. The molecule has 1 nitrogen and oxygen atoms in total. The molecule has 64 valence electrons. The summed E-state index contributed by atoms with van der Waals surface area (Å²) in [7, 11) is 0. The fourth-order valence-corrected chi connectivity index (χ4v) is 0.465. The average Bonchev–Trinajstić information content (AvgIpc) is 1.78. The first kappa shape index (κ1) is 10.8. The Labute approximate surface area is 73.1 Å². The zero-order valence-corrected chi connectivity index (χ0v) is 7.06. The fourth-order valence-electron chi connectivity index (χ4n) is 0.323. The van der Waals surface area contributed by atoms with Crippen LogP contribution in [0.3, 0.4) is 0 Å². The molecule has 0 bridgehead atoms. The lowest BCUT2D eigenvalue weighted by molar-refractivity contribution is -0.125. The summed E-state index contributed by atoms with van der Waals surface area (Å²) in [5.74, 6) is 0. The van der Waals surface area contributed by atoms with Gasteiger partial charge >= 0.3 is 6.18 Å². The predicted octanol–water partition coefficient (Wildman–Crippen LogP) is 2.26. The van der Waals surface area contributed by atoms with Gasteiger partial charge in [0.25, 0.3) is 0 Å². The largest absolute Gasteiger partial charge is 0.392 e. The Hall–Kier alpha value is -0.230. The van der Waals surface area contributed by atoms with Gasteiger partial charge in [-0.05, 0) is 6.20 Å². The van der Waals surface area contributed by atoms with Crippen molar-refractivity contribution in [3.63, 3.8) is 0 Å². The van der Waals surface area contributed by atoms with Crippen LogP contribution >= 0.6 is 24.8 Å². The molecule has 1 N–H and O–H groups in total. The number of thiol groups is 1. The Morgan fingerprint density at radius 3 is 2.45 bits per heavy atom. The van der Waals surface area contributed by atoms with Crippen molar-refractivity contribution in [1.29, 1.82) is 0 Å². The van der Waals surface area contributed by atoms with E-state index in [-0.39, 0.29) is 4.32 Å².